The molecule has 3 aromatic rings. The Morgan fingerprint density at radius 2 is 2.04 bits per heavy atom. The van der Waals surface area contributed by atoms with Crippen LogP contribution in [0, 0.1) is 10.1 Å². The number of non-ortho nitro benzene ring substituents is 1. The number of benzene rings is 1. The van der Waals surface area contributed by atoms with Gasteiger partial charge < -0.3 is 14.8 Å². The Kier molecular flexibility index (Phi) is 5.49. The summed E-state index contributed by atoms with van der Waals surface area (Å²) in [5, 5.41) is 26.2. The number of amides is 1. The number of nitro groups is 1. The van der Waals surface area contributed by atoms with Crippen LogP contribution >= 0.6 is 11.3 Å². The van der Waals surface area contributed by atoms with Crippen molar-refractivity contribution in [1.29, 1.82) is 0 Å². The van der Waals surface area contributed by atoms with Gasteiger partial charge in [-0.25, -0.2) is 0 Å². The summed E-state index contributed by atoms with van der Waals surface area (Å²) in [6.45, 7) is -0.0650. The molecule has 2 heterocycles. The number of furan rings is 1. The molecule has 8 heteroatoms. The lowest BCUT2D eigenvalue weighted by Crippen LogP contribution is -2.40. The molecule has 2 aromatic heterocycles. The minimum Gasteiger partial charge on any atom is -0.466 e. The lowest BCUT2D eigenvalue weighted by Gasteiger charge is -2.24. The van der Waals surface area contributed by atoms with Crippen molar-refractivity contribution in [3.8, 4) is 0 Å². The first-order chi connectivity index (χ1) is 13.0. The van der Waals surface area contributed by atoms with Crippen LogP contribution in [0.3, 0.4) is 0 Å². The maximum atomic E-state index is 12.1. The zero-order valence-corrected chi connectivity index (χ0v) is 14.9. The minimum absolute atomic E-state index is 0.0175. The molecular formula is C19H16N2O5S. The van der Waals surface area contributed by atoms with Crippen molar-refractivity contribution in [3.05, 3.63) is 92.6 Å². The van der Waals surface area contributed by atoms with E-state index in [1.165, 1.54) is 41.9 Å². The molecule has 0 radical (unpaired) electrons. The van der Waals surface area contributed by atoms with Crippen molar-refractivity contribution in [2.75, 3.05) is 6.54 Å². The van der Waals surface area contributed by atoms with Gasteiger partial charge in [0.1, 0.15) is 5.76 Å². The second-order valence-corrected chi connectivity index (χ2v) is 6.66. The van der Waals surface area contributed by atoms with Gasteiger partial charge in [0.05, 0.1) is 17.7 Å². The van der Waals surface area contributed by atoms with E-state index in [4.69, 9.17) is 4.42 Å². The Hall–Kier alpha value is -3.23. The van der Waals surface area contributed by atoms with E-state index in [0.717, 1.165) is 0 Å². The molecule has 0 aliphatic carbocycles. The second kappa shape index (κ2) is 7.98. The van der Waals surface area contributed by atoms with Gasteiger partial charge in [0.2, 0.25) is 5.91 Å². The Balaban J connectivity index is 1.67. The first kappa shape index (κ1) is 18.6. The predicted octanol–water partition coefficient (Wildman–Crippen LogP) is 3.31. The van der Waals surface area contributed by atoms with Gasteiger partial charge in [0, 0.05) is 23.1 Å². The molecule has 0 saturated carbocycles. The number of aliphatic hydroxyl groups is 1. The van der Waals surface area contributed by atoms with Crippen LogP contribution in [0.5, 0.6) is 0 Å². The lowest BCUT2D eigenvalue weighted by atomic mass is 9.98. The molecule has 0 saturated heterocycles. The monoisotopic (exact) mass is 384 g/mol. The van der Waals surface area contributed by atoms with Crippen molar-refractivity contribution >= 4 is 29.0 Å². The molecule has 0 fully saturated rings. The molecule has 27 heavy (non-hydrogen) atoms. The third kappa shape index (κ3) is 4.30. The van der Waals surface area contributed by atoms with Crippen LogP contribution in [0.25, 0.3) is 6.08 Å². The average molecular weight is 384 g/mol. The summed E-state index contributed by atoms with van der Waals surface area (Å²) in [6, 6.07) is 12.7. The highest BCUT2D eigenvalue weighted by atomic mass is 32.1. The molecule has 1 unspecified atom stereocenters. The molecule has 7 nitrogen and oxygen atoms in total. The lowest BCUT2D eigenvalue weighted by molar-refractivity contribution is -0.384. The van der Waals surface area contributed by atoms with Gasteiger partial charge in [-0.3, -0.25) is 14.9 Å². The van der Waals surface area contributed by atoms with Gasteiger partial charge in [-0.2, -0.15) is 0 Å². The standard InChI is InChI=1S/C19H16N2O5S/c22-18(10-7-14-5-8-15(9-6-14)21(24)25)20-13-19(23,16-3-1-11-26-16)17-4-2-12-27-17/h1-12,23H,13H2,(H,20,22)/b10-7+. The van der Waals surface area contributed by atoms with Crippen molar-refractivity contribution in [2.24, 2.45) is 0 Å². The van der Waals surface area contributed by atoms with E-state index in [-0.39, 0.29) is 12.2 Å². The molecule has 1 atom stereocenters. The summed E-state index contributed by atoms with van der Waals surface area (Å²) in [4.78, 5) is 22.9. The highest BCUT2D eigenvalue weighted by molar-refractivity contribution is 7.10. The molecule has 1 amide bonds. The molecular weight excluding hydrogens is 368 g/mol. The Morgan fingerprint density at radius 1 is 1.26 bits per heavy atom. The van der Waals surface area contributed by atoms with Crippen LogP contribution in [0.1, 0.15) is 16.2 Å². The molecule has 1 aromatic carbocycles. The van der Waals surface area contributed by atoms with Crippen LogP contribution < -0.4 is 5.32 Å². The Morgan fingerprint density at radius 3 is 2.63 bits per heavy atom. The van der Waals surface area contributed by atoms with Gasteiger partial charge in [0.15, 0.2) is 5.60 Å². The van der Waals surface area contributed by atoms with Gasteiger partial charge in [-0.05, 0) is 47.4 Å². The first-order valence-electron chi connectivity index (χ1n) is 8.00. The molecule has 138 valence electrons. The van der Waals surface area contributed by atoms with Crippen molar-refractivity contribution in [1.82, 2.24) is 5.32 Å². The van der Waals surface area contributed by atoms with E-state index < -0.39 is 16.4 Å². The number of rotatable bonds is 7. The van der Waals surface area contributed by atoms with E-state index in [1.807, 2.05) is 11.4 Å². The van der Waals surface area contributed by atoms with Crippen molar-refractivity contribution < 1.29 is 19.2 Å². The van der Waals surface area contributed by atoms with Crippen molar-refractivity contribution in [3.63, 3.8) is 0 Å². The predicted molar refractivity (Wildman–Crippen MR) is 101 cm³/mol. The SMILES string of the molecule is O=C(/C=C/c1ccc([N+](=O)[O-])cc1)NCC(O)(c1ccco1)c1cccs1. The van der Waals surface area contributed by atoms with E-state index >= 15 is 0 Å². The molecule has 0 aliphatic rings. The number of nitrogens with zero attached hydrogens (tertiary/aromatic N) is 1. The number of carbonyl (C=O) groups excluding carboxylic acids is 1. The summed E-state index contributed by atoms with van der Waals surface area (Å²) in [7, 11) is 0. The third-order valence-electron chi connectivity index (χ3n) is 3.91. The zero-order valence-electron chi connectivity index (χ0n) is 14.1. The minimum atomic E-state index is -1.46. The number of hydrogen-bond donors (Lipinski definition) is 2. The number of nitrogens with one attached hydrogen (secondary N) is 1. The number of hydrogen-bond acceptors (Lipinski definition) is 6. The quantitative estimate of drug-likeness (QED) is 0.369. The van der Waals surface area contributed by atoms with Gasteiger partial charge >= 0.3 is 0 Å². The molecule has 0 bridgehead atoms. The normalized spacial score (nSPS) is 13.4. The summed E-state index contributed by atoms with van der Waals surface area (Å²) in [6.07, 6.45) is 4.30. The summed E-state index contributed by atoms with van der Waals surface area (Å²) in [5.74, 6) is -0.0699. The van der Waals surface area contributed by atoms with E-state index in [2.05, 4.69) is 5.32 Å². The number of nitro benzene ring substituents is 1. The van der Waals surface area contributed by atoms with Crippen LogP contribution in [0.2, 0.25) is 0 Å². The highest BCUT2D eigenvalue weighted by Gasteiger charge is 2.35. The zero-order chi connectivity index (χ0) is 19.3. The highest BCUT2D eigenvalue weighted by Crippen LogP contribution is 2.32. The van der Waals surface area contributed by atoms with Gasteiger partial charge in [-0.1, -0.05) is 6.07 Å². The summed E-state index contributed by atoms with van der Waals surface area (Å²) < 4.78 is 5.35. The number of thiophene rings is 1. The molecule has 0 aliphatic heterocycles. The van der Waals surface area contributed by atoms with Gasteiger partial charge in [0.25, 0.3) is 5.69 Å². The summed E-state index contributed by atoms with van der Waals surface area (Å²) >= 11 is 1.36. The fraction of sp³-hybridized carbons (Fsp3) is 0.105. The average Bonchev–Trinajstić information content (AvgIpc) is 3.39. The van der Waals surface area contributed by atoms with E-state index in [0.29, 0.717) is 16.2 Å². The summed E-state index contributed by atoms with van der Waals surface area (Å²) in [5.41, 5.74) is -0.833. The second-order valence-electron chi connectivity index (χ2n) is 5.71. The molecule has 0 spiro atoms. The fourth-order valence-corrected chi connectivity index (χ4v) is 3.31. The van der Waals surface area contributed by atoms with E-state index in [9.17, 15) is 20.0 Å². The van der Waals surface area contributed by atoms with Crippen LogP contribution in [-0.2, 0) is 10.4 Å². The Labute approximate surface area is 158 Å². The maximum Gasteiger partial charge on any atom is 0.269 e. The van der Waals surface area contributed by atoms with Crippen LogP contribution in [0.15, 0.2) is 70.7 Å². The Bertz CT molecular complexity index is 897. The third-order valence-corrected chi connectivity index (χ3v) is 4.93. The topological polar surface area (TPSA) is 106 Å². The van der Waals surface area contributed by atoms with E-state index in [1.54, 1.807) is 30.3 Å². The first-order valence-corrected chi connectivity index (χ1v) is 8.88. The fourth-order valence-electron chi connectivity index (χ4n) is 2.48. The van der Waals surface area contributed by atoms with Crippen LogP contribution in [-0.4, -0.2) is 22.5 Å². The van der Waals surface area contributed by atoms with Crippen LogP contribution in [0.4, 0.5) is 5.69 Å². The largest absolute Gasteiger partial charge is 0.466 e. The smallest absolute Gasteiger partial charge is 0.269 e. The molecule has 3 rings (SSSR count). The molecule has 2 N–H and O–H groups in total. The number of carbonyl (C=O) groups is 1. The van der Waals surface area contributed by atoms with Gasteiger partial charge in [-0.15, -0.1) is 11.3 Å². The van der Waals surface area contributed by atoms with Crippen molar-refractivity contribution in [2.45, 2.75) is 5.60 Å². The maximum absolute atomic E-state index is 12.1.